The van der Waals surface area contributed by atoms with Crippen LogP contribution in [-0.2, 0) is 23.2 Å². The number of carbonyl (C=O) groups excluding carboxylic acids is 1. The molecule has 33 heavy (non-hydrogen) atoms. The van der Waals surface area contributed by atoms with Gasteiger partial charge in [0.05, 0.1) is 11.1 Å². The van der Waals surface area contributed by atoms with Crippen molar-refractivity contribution in [3.05, 3.63) is 64.3 Å². The number of aryl methyl sites for hydroxylation is 1. The van der Waals surface area contributed by atoms with E-state index in [0.717, 1.165) is 30.6 Å². The van der Waals surface area contributed by atoms with Crippen LogP contribution in [0.5, 0.6) is 0 Å². The standard InChI is InChI=1S/C20H22FN3O2.C2HF3O2/c1-22-12-17(6-7-18(22)25)24-14-20(19(24)26)8-3-9-23(13-20)11-15-4-2-5-16(21)10-15;3-2(4,5)1(6)7/h2,4-7,10,12H,3,8-9,11,13-14H2,1H3;(H,6,7). The Labute approximate surface area is 186 Å². The van der Waals surface area contributed by atoms with Crippen LogP contribution in [0, 0.1) is 11.2 Å². The highest BCUT2D eigenvalue weighted by molar-refractivity contribution is 6.04. The summed E-state index contributed by atoms with van der Waals surface area (Å²) in [5.74, 6) is -2.86. The van der Waals surface area contributed by atoms with Crippen molar-refractivity contribution in [2.24, 2.45) is 12.5 Å². The van der Waals surface area contributed by atoms with Crippen molar-refractivity contribution in [1.82, 2.24) is 9.47 Å². The molecular weight excluding hydrogens is 446 g/mol. The molecule has 2 fully saturated rings. The second-order valence-corrected chi connectivity index (χ2v) is 8.26. The van der Waals surface area contributed by atoms with E-state index in [9.17, 15) is 27.2 Å². The van der Waals surface area contributed by atoms with E-state index >= 15 is 0 Å². The van der Waals surface area contributed by atoms with Crippen LogP contribution < -0.4 is 10.5 Å². The minimum absolute atomic E-state index is 0.0876. The van der Waals surface area contributed by atoms with Gasteiger partial charge in [-0.2, -0.15) is 13.2 Å². The van der Waals surface area contributed by atoms with E-state index in [1.165, 1.54) is 16.7 Å². The number of pyridine rings is 1. The number of amides is 1. The summed E-state index contributed by atoms with van der Waals surface area (Å²) >= 11 is 0. The fraction of sp³-hybridized carbons (Fsp3) is 0.409. The fourth-order valence-corrected chi connectivity index (χ4v) is 4.14. The van der Waals surface area contributed by atoms with Gasteiger partial charge in [0.2, 0.25) is 11.5 Å². The maximum atomic E-state index is 13.4. The third-order valence-electron chi connectivity index (χ3n) is 5.74. The number of nitrogens with zero attached hydrogens (tertiary/aromatic N) is 3. The molecule has 2 aromatic rings. The average Bonchev–Trinajstić information content (AvgIpc) is 2.74. The van der Waals surface area contributed by atoms with Crippen molar-refractivity contribution in [3.8, 4) is 0 Å². The molecule has 11 heteroatoms. The van der Waals surface area contributed by atoms with Crippen LogP contribution in [0.3, 0.4) is 0 Å². The lowest BCUT2D eigenvalue weighted by Gasteiger charge is -2.53. The minimum Gasteiger partial charge on any atom is -0.475 e. The number of piperidine rings is 1. The molecule has 0 bridgehead atoms. The number of carbonyl (C=O) groups is 2. The van der Waals surface area contributed by atoms with E-state index in [1.54, 1.807) is 36.3 Å². The largest absolute Gasteiger partial charge is 0.490 e. The van der Waals surface area contributed by atoms with Crippen molar-refractivity contribution < 1.29 is 32.3 Å². The van der Waals surface area contributed by atoms with Crippen molar-refractivity contribution in [2.45, 2.75) is 25.6 Å². The van der Waals surface area contributed by atoms with Crippen LogP contribution in [0.15, 0.2) is 47.4 Å². The van der Waals surface area contributed by atoms with Gasteiger partial charge in [-0.15, -0.1) is 0 Å². The number of aromatic nitrogens is 1. The first-order chi connectivity index (χ1) is 15.4. The summed E-state index contributed by atoms with van der Waals surface area (Å²) in [6.07, 6.45) is -1.53. The normalized spacial score (nSPS) is 20.8. The topological polar surface area (TPSA) is 82.8 Å². The van der Waals surface area contributed by atoms with Crippen LogP contribution in [0.2, 0.25) is 0 Å². The molecule has 1 aromatic heterocycles. The molecule has 2 aliphatic rings. The lowest BCUT2D eigenvalue weighted by atomic mass is 9.72. The second-order valence-electron chi connectivity index (χ2n) is 8.26. The average molecular weight is 469 g/mol. The number of halogens is 4. The molecule has 4 rings (SSSR count). The summed E-state index contributed by atoms with van der Waals surface area (Å²) < 4.78 is 46.6. The molecule has 7 nitrogen and oxygen atoms in total. The van der Waals surface area contributed by atoms with E-state index in [0.29, 0.717) is 19.6 Å². The van der Waals surface area contributed by atoms with E-state index in [-0.39, 0.29) is 22.7 Å². The second kappa shape index (κ2) is 9.34. The Kier molecular flexibility index (Phi) is 6.92. The van der Waals surface area contributed by atoms with Gasteiger partial charge in [-0.3, -0.25) is 14.5 Å². The molecule has 0 radical (unpaired) electrons. The van der Waals surface area contributed by atoms with E-state index in [2.05, 4.69) is 4.90 Å². The Hall–Kier alpha value is -3.21. The molecule has 1 spiro atoms. The predicted molar refractivity (Wildman–Crippen MR) is 111 cm³/mol. The molecule has 0 saturated carbocycles. The van der Waals surface area contributed by atoms with Gasteiger partial charge >= 0.3 is 12.1 Å². The molecule has 2 aliphatic heterocycles. The number of hydrogen-bond donors (Lipinski definition) is 1. The van der Waals surface area contributed by atoms with Gasteiger partial charge in [-0.25, -0.2) is 9.18 Å². The van der Waals surface area contributed by atoms with Crippen molar-refractivity contribution >= 4 is 17.6 Å². The Morgan fingerprint density at radius 2 is 1.85 bits per heavy atom. The van der Waals surface area contributed by atoms with Gasteiger partial charge in [0, 0.05) is 38.9 Å². The summed E-state index contributed by atoms with van der Waals surface area (Å²) in [5.41, 5.74) is 1.27. The van der Waals surface area contributed by atoms with Gasteiger partial charge < -0.3 is 14.6 Å². The fourth-order valence-electron chi connectivity index (χ4n) is 4.14. The minimum atomic E-state index is -5.08. The molecule has 0 aliphatic carbocycles. The summed E-state index contributed by atoms with van der Waals surface area (Å²) in [6, 6.07) is 9.84. The Morgan fingerprint density at radius 1 is 1.15 bits per heavy atom. The van der Waals surface area contributed by atoms with Gasteiger partial charge in [0.15, 0.2) is 0 Å². The number of likely N-dealkylation sites (tertiary alicyclic amines) is 1. The molecule has 1 unspecified atom stereocenters. The first-order valence-corrected chi connectivity index (χ1v) is 10.2. The van der Waals surface area contributed by atoms with Gasteiger partial charge in [-0.05, 0) is 43.1 Å². The zero-order chi connectivity index (χ0) is 24.4. The molecule has 2 saturated heterocycles. The molecule has 3 heterocycles. The van der Waals surface area contributed by atoms with Gasteiger partial charge in [0.25, 0.3) is 0 Å². The number of hydrogen-bond acceptors (Lipinski definition) is 4. The summed E-state index contributed by atoms with van der Waals surface area (Å²) in [4.78, 5) is 37.4. The van der Waals surface area contributed by atoms with Crippen LogP contribution in [-0.4, -0.2) is 52.3 Å². The molecule has 1 amide bonds. The molecule has 178 valence electrons. The molecular formula is C22H23F4N3O4. The zero-order valence-electron chi connectivity index (χ0n) is 17.8. The third-order valence-corrected chi connectivity index (χ3v) is 5.74. The maximum Gasteiger partial charge on any atom is 0.490 e. The SMILES string of the molecule is Cn1cc(N2CC3(CCCN(Cc4cccc(F)c4)C3)C2=O)ccc1=O.O=C(O)C(F)(F)F. The molecule has 1 aromatic carbocycles. The van der Waals surface area contributed by atoms with Crippen molar-refractivity contribution in [1.29, 1.82) is 0 Å². The first kappa shape index (κ1) is 24.4. The van der Waals surface area contributed by atoms with Crippen LogP contribution in [0.1, 0.15) is 18.4 Å². The number of alkyl halides is 3. The maximum absolute atomic E-state index is 13.4. The quantitative estimate of drug-likeness (QED) is 0.552. The summed E-state index contributed by atoms with van der Waals surface area (Å²) in [7, 11) is 1.69. The number of benzene rings is 1. The third kappa shape index (κ3) is 5.59. The predicted octanol–water partition coefficient (Wildman–Crippen LogP) is 2.79. The number of carboxylic acid groups (broad SMARTS) is 1. The highest BCUT2D eigenvalue weighted by Gasteiger charge is 2.54. The Morgan fingerprint density at radius 3 is 2.42 bits per heavy atom. The number of aliphatic carboxylic acids is 1. The van der Waals surface area contributed by atoms with Gasteiger partial charge in [0.1, 0.15) is 5.82 Å². The number of rotatable bonds is 3. The summed E-state index contributed by atoms with van der Waals surface area (Å²) in [5, 5.41) is 7.12. The first-order valence-electron chi connectivity index (χ1n) is 10.2. The highest BCUT2D eigenvalue weighted by Crippen LogP contribution is 2.42. The lowest BCUT2D eigenvalue weighted by Crippen LogP contribution is -2.67. The van der Waals surface area contributed by atoms with E-state index < -0.39 is 12.1 Å². The van der Waals surface area contributed by atoms with Crippen molar-refractivity contribution in [2.75, 3.05) is 24.5 Å². The van der Waals surface area contributed by atoms with E-state index in [4.69, 9.17) is 9.90 Å². The number of anilines is 1. The number of β-lactam (4-membered cyclic amide) rings is 1. The molecule has 1 atom stereocenters. The van der Waals surface area contributed by atoms with Crippen molar-refractivity contribution in [3.63, 3.8) is 0 Å². The smallest absolute Gasteiger partial charge is 0.475 e. The highest BCUT2D eigenvalue weighted by atomic mass is 19.4. The van der Waals surface area contributed by atoms with Gasteiger partial charge in [-0.1, -0.05) is 12.1 Å². The summed E-state index contributed by atoms with van der Waals surface area (Å²) in [6.45, 7) is 2.95. The van der Waals surface area contributed by atoms with Crippen LogP contribution >= 0.6 is 0 Å². The Bertz CT molecular complexity index is 1100. The van der Waals surface area contributed by atoms with Crippen LogP contribution in [0.4, 0.5) is 23.2 Å². The monoisotopic (exact) mass is 469 g/mol. The van der Waals surface area contributed by atoms with Crippen LogP contribution in [0.25, 0.3) is 0 Å². The zero-order valence-corrected chi connectivity index (χ0v) is 17.8. The van der Waals surface area contributed by atoms with E-state index in [1.807, 2.05) is 6.07 Å². The molecule has 1 N–H and O–H groups in total. The lowest BCUT2D eigenvalue weighted by molar-refractivity contribution is -0.192. The Balaban J connectivity index is 0.000000383. The number of carboxylic acids is 1.